The van der Waals surface area contributed by atoms with E-state index in [4.69, 9.17) is 0 Å². The highest BCUT2D eigenvalue weighted by Crippen LogP contribution is 2.52. The normalized spacial score (nSPS) is 15.3. The first-order valence-electron chi connectivity index (χ1n) is 17.2. The van der Waals surface area contributed by atoms with E-state index in [1.165, 1.54) is 73.1 Å². The van der Waals surface area contributed by atoms with Crippen LogP contribution >= 0.6 is 0 Å². The molecule has 5 aromatic rings. The molecule has 1 atom stereocenters. The predicted octanol–water partition coefficient (Wildman–Crippen LogP) is 12.9. The number of aryl methyl sites for hydroxylation is 3. The van der Waals surface area contributed by atoms with Crippen LogP contribution in [-0.4, -0.2) is 0 Å². The first-order chi connectivity index (χ1) is 22.7. The molecule has 0 amide bonds. The Morgan fingerprint density at radius 1 is 0.574 bits per heavy atom. The average Bonchev–Trinajstić information content (AvgIpc) is 3.62. The van der Waals surface area contributed by atoms with Crippen LogP contribution in [0.2, 0.25) is 0 Å². The Kier molecular flexibility index (Phi) is 8.97. The first-order valence-corrected chi connectivity index (χ1v) is 17.2. The number of allylic oxidation sites excluding steroid dienone is 3. The van der Waals surface area contributed by atoms with Gasteiger partial charge in [-0.25, -0.2) is 0 Å². The quantitative estimate of drug-likeness (QED) is 0.179. The summed E-state index contributed by atoms with van der Waals surface area (Å²) in [6.07, 6.45) is 7.93. The second-order valence-corrected chi connectivity index (χ2v) is 13.3. The topological polar surface area (TPSA) is 6.48 Å². The molecule has 2 heteroatoms. The lowest BCUT2D eigenvalue weighted by molar-refractivity contribution is 0.660. The Balaban J connectivity index is 0.00000190. The largest absolute Gasteiger partial charge is 0.311 e. The molecular weight excluding hydrogens is 569 g/mol. The molecule has 0 bridgehead atoms. The monoisotopic (exact) mass is 616 g/mol. The highest BCUT2D eigenvalue weighted by molar-refractivity contribution is 5.87. The van der Waals surface area contributed by atoms with Crippen molar-refractivity contribution in [3.05, 3.63) is 161 Å². The van der Waals surface area contributed by atoms with Crippen LogP contribution < -0.4 is 9.80 Å². The third-order valence-electron chi connectivity index (χ3n) is 9.61. The van der Waals surface area contributed by atoms with Crippen LogP contribution in [0.25, 0.3) is 11.1 Å². The SMILES string of the molecule is CC.CCc1ccc(N(c2ccc(C)cc2)c2ccc3c(c2)C(C)(C)c2cc(N(C4=CC(C)C=C4)c4ccc(C)cc4)ccc2-3)cc1. The van der Waals surface area contributed by atoms with E-state index < -0.39 is 0 Å². The van der Waals surface area contributed by atoms with Crippen molar-refractivity contribution in [2.45, 2.75) is 67.2 Å². The summed E-state index contributed by atoms with van der Waals surface area (Å²) < 4.78 is 0. The van der Waals surface area contributed by atoms with Gasteiger partial charge in [0.15, 0.2) is 0 Å². The van der Waals surface area contributed by atoms with E-state index in [0.29, 0.717) is 5.92 Å². The summed E-state index contributed by atoms with van der Waals surface area (Å²) in [6, 6.07) is 40.9. The maximum Gasteiger partial charge on any atom is 0.0465 e. The molecule has 0 spiro atoms. The summed E-state index contributed by atoms with van der Waals surface area (Å²) in [5, 5.41) is 0. The lowest BCUT2D eigenvalue weighted by Gasteiger charge is -2.29. The minimum absolute atomic E-state index is 0.159. The molecule has 2 aliphatic rings. The minimum atomic E-state index is -0.159. The molecule has 0 saturated heterocycles. The van der Waals surface area contributed by atoms with Crippen molar-refractivity contribution < 1.29 is 0 Å². The van der Waals surface area contributed by atoms with Crippen molar-refractivity contribution in [3.63, 3.8) is 0 Å². The fourth-order valence-corrected chi connectivity index (χ4v) is 6.93. The predicted molar refractivity (Wildman–Crippen MR) is 204 cm³/mol. The summed E-state index contributed by atoms with van der Waals surface area (Å²) in [6.45, 7) is 17.5. The zero-order valence-corrected chi connectivity index (χ0v) is 29.3. The maximum absolute atomic E-state index is 2.42. The van der Waals surface area contributed by atoms with Gasteiger partial charge >= 0.3 is 0 Å². The molecule has 0 aliphatic heterocycles. The molecular formula is C45H48N2. The van der Waals surface area contributed by atoms with E-state index in [1.54, 1.807) is 0 Å². The van der Waals surface area contributed by atoms with Crippen LogP contribution in [0, 0.1) is 19.8 Å². The van der Waals surface area contributed by atoms with Crippen LogP contribution in [0.4, 0.5) is 28.4 Å². The molecule has 47 heavy (non-hydrogen) atoms. The van der Waals surface area contributed by atoms with E-state index in [1.807, 2.05) is 13.8 Å². The molecule has 2 aliphatic carbocycles. The van der Waals surface area contributed by atoms with E-state index in [9.17, 15) is 0 Å². The van der Waals surface area contributed by atoms with Gasteiger partial charge in [0, 0.05) is 39.5 Å². The minimum Gasteiger partial charge on any atom is -0.311 e. The van der Waals surface area contributed by atoms with Gasteiger partial charge in [0.1, 0.15) is 0 Å². The van der Waals surface area contributed by atoms with Crippen molar-refractivity contribution in [1.29, 1.82) is 0 Å². The second-order valence-electron chi connectivity index (χ2n) is 13.3. The molecule has 1 unspecified atom stereocenters. The molecule has 0 N–H and O–H groups in total. The number of rotatable bonds is 7. The Labute approximate surface area is 282 Å². The van der Waals surface area contributed by atoms with Crippen LogP contribution in [0.1, 0.15) is 69.4 Å². The number of anilines is 5. The van der Waals surface area contributed by atoms with Crippen molar-refractivity contribution >= 4 is 28.4 Å². The van der Waals surface area contributed by atoms with Crippen LogP contribution in [0.5, 0.6) is 0 Å². The van der Waals surface area contributed by atoms with Gasteiger partial charge in [0.2, 0.25) is 0 Å². The van der Waals surface area contributed by atoms with Gasteiger partial charge in [-0.2, -0.15) is 0 Å². The lowest BCUT2D eigenvalue weighted by Crippen LogP contribution is -2.18. The Morgan fingerprint density at radius 2 is 1.00 bits per heavy atom. The van der Waals surface area contributed by atoms with Gasteiger partial charge in [-0.05, 0) is 121 Å². The molecule has 5 aromatic carbocycles. The van der Waals surface area contributed by atoms with Gasteiger partial charge < -0.3 is 9.80 Å². The van der Waals surface area contributed by atoms with E-state index in [0.717, 1.165) is 6.42 Å². The van der Waals surface area contributed by atoms with Gasteiger partial charge in [-0.1, -0.05) is 113 Å². The fraction of sp³-hybridized carbons (Fsp3) is 0.244. The summed E-state index contributed by atoms with van der Waals surface area (Å²) >= 11 is 0. The van der Waals surface area contributed by atoms with E-state index >= 15 is 0 Å². The molecule has 2 nitrogen and oxygen atoms in total. The average molecular weight is 617 g/mol. The van der Waals surface area contributed by atoms with Crippen molar-refractivity contribution in [2.24, 2.45) is 5.92 Å². The molecule has 0 radical (unpaired) electrons. The highest BCUT2D eigenvalue weighted by atomic mass is 15.2. The Morgan fingerprint density at radius 3 is 1.45 bits per heavy atom. The van der Waals surface area contributed by atoms with Gasteiger partial charge in [0.05, 0.1) is 0 Å². The summed E-state index contributed by atoms with van der Waals surface area (Å²) in [4.78, 5) is 4.80. The van der Waals surface area contributed by atoms with Crippen LogP contribution in [0.3, 0.4) is 0 Å². The maximum atomic E-state index is 2.42. The summed E-state index contributed by atoms with van der Waals surface area (Å²) in [5.41, 5.74) is 16.2. The number of fused-ring (bicyclic) bond motifs is 3. The van der Waals surface area contributed by atoms with Gasteiger partial charge in [-0.3, -0.25) is 0 Å². The number of nitrogens with zero attached hydrogens (tertiary/aromatic N) is 2. The number of benzene rings is 5. The standard InChI is InChI=1S/C43H42N2.C2H6/c1-7-32-13-20-35(21-14-32)44(33-15-8-29(2)9-16-33)37-22-24-39-40-25-23-38(28-42(40)43(5,6)41(39)27-37)45(36-19-12-31(4)26-36)34-17-10-30(3)11-18-34;1-2/h8-28,31H,7H2,1-6H3;1-2H3. The smallest absolute Gasteiger partial charge is 0.0465 e. The van der Waals surface area contributed by atoms with Gasteiger partial charge in [-0.15, -0.1) is 0 Å². The molecule has 0 saturated carbocycles. The Bertz CT molecular complexity index is 1920. The lowest BCUT2D eigenvalue weighted by atomic mass is 9.82. The summed E-state index contributed by atoms with van der Waals surface area (Å²) in [5.74, 6) is 0.427. The molecule has 0 aromatic heterocycles. The van der Waals surface area contributed by atoms with E-state index in [-0.39, 0.29) is 5.41 Å². The zero-order chi connectivity index (χ0) is 33.3. The third kappa shape index (κ3) is 6.05. The summed E-state index contributed by atoms with van der Waals surface area (Å²) in [7, 11) is 0. The Hall–Kier alpha value is -4.82. The van der Waals surface area contributed by atoms with Crippen LogP contribution in [-0.2, 0) is 11.8 Å². The molecule has 7 rings (SSSR count). The number of hydrogen-bond acceptors (Lipinski definition) is 2. The van der Waals surface area contributed by atoms with Crippen molar-refractivity contribution in [1.82, 2.24) is 0 Å². The first kappa shape index (κ1) is 32.1. The molecule has 0 heterocycles. The highest BCUT2D eigenvalue weighted by Gasteiger charge is 2.37. The van der Waals surface area contributed by atoms with Crippen molar-refractivity contribution in [3.8, 4) is 11.1 Å². The zero-order valence-electron chi connectivity index (χ0n) is 29.3. The van der Waals surface area contributed by atoms with Crippen LogP contribution in [0.15, 0.2) is 133 Å². The molecule has 238 valence electrons. The second kappa shape index (κ2) is 13.1. The molecule has 0 fully saturated rings. The fourth-order valence-electron chi connectivity index (χ4n) is 6.93. The number of hydrogen-bond donors (Lipinski definition) is 0. The van der Waals surface area contributed by atoms with Crippen molar-refractivity contribution in [2.75, 3.05) is 9.80 Å². The van der Waals surface area contributed by atoms with Gasteiger partial charge in [0.25, 0.3) is 0 Å². The third-order valence-corrected chi connectivity index (χ3v) is 9.61. The van der Waals surface area contributed by atoms with E-state index in [2.05, 4.69) is 179 Å².